The molecule has 4 heteroatoms. The van der Waals surface area contributed by atoms with Crippen LogP contribution in [-0.4, -0.2) is 42.2 Å². The summed E-state index contributed by atoms with van der Waals surface area (Å²) in [6.07, 6.45) is 1.42. The summed E-state index contributed by atoms with van der Waals surface area (Å²) in [5, 5.41) is 9.18. The molecule has 1 amide bonds. The fourth-order valence-corrected chi connectivity index (χ4v) is 1.74. The topological polar surface area (TPSA) is 49.8 Å². The van der Waals surface area contributed by atoms with Gasteiger partial charge in [-0.3, -0.25) is 4.79 Å². The molecule has 0 saturated carbocycles. The van der Waals surface area contributed by atoms with Crippen LogP contribution in [0.4, 0.5) is 0 Å². The number of nitrogens with zero attached hydrogens (tertiary/aromatic N) is 1. The number of amides is 1. The van der Waals surface area contributed by atoms with Crippen molar-refractivity contribution in [2.24, 2.45) is 0 Å². The molecule has 0 aliphatic heterocycles. The van der Waals surface area contributed by atoms with Crippen LogP contribution in [0.25, 0.3) is 0 Å². The van der Waals surface area contributed by atoms with Crippen LogP contribution in [0.15, 0.2) is 24.3 Å². The van der Waals surface area contributed by atoms with Crippen LogP contribution >= 0.6 is 0 Å². The molecule has 1 unspecified atom stereocenters. The minimum atomic E-state index is -0.366. The molecule has 0 radical (unpaired) electrons. The SMILES string of the molecule is Cc1ccc(OCCCC(=O)N(C)CCC(C)O)cc1. The average Bonchev–Trinajstić information content (AvgIpc) is 2.42. The number of hydrogen-bond acceptors (Lipinski definition) is 3. The van der Waals surface area contributed by atoms with Crippen molar-refractivity contribution in [2.75, 3.05) is 20.2 Å². The lowest BCUT2D eigenvalue weighted by Gasteiger charge is -2.18. The third-order valence-corrected chi connectivity index (χ3v) is 3.13. The van der Waals surface area contributed by atoms with Crippen molar-refractivity contribution in [3.63, 3.8) is 0 Å². The Morgan fingerprint density at radius 3 is 2.60 bits per heavy atom. The smallest absolute Gasteiger partial charge is 0.222 e. The summed E-state index contributed by atoms with van der Waals surface area (Å²) in [4.78, 5) is 13.5. The number of hydrogen-bond donors (Lipinski definition) is 1. The number of aliphatic hydroxyl groups excluding tert-OH is 1. The molecule has 112 valence electrons. The number of rotatable bonds is 8. The highest BCUT2D eigenvalue weighted by atomic mass is 16.5. The van der Waals surface area contributed by atoms with Crippen LogP contribution in [0.2, 0.25) is 0 Å². The molecule has 1 aromatic rings. The van der Waals surface area contributed by atoms with Crippen molar-refractivity contribution in [2.45, 2.75) is 39.2 Å². The lowest BCUT2D eigenvalue weighted by atomic mass is 10.2. The number of carbonyl (C=O) groups is 1. The Morgan fingerprint density at radius 1 is 1.35 bits per heavy atom. The number of ether oxygens (including phenoxy) is 1. The Morgan fingerprint density at radius 2 is 2.00 bits per heavy atom. The van der Waals surface area contributed by atoms with Gasteiger partial charge in [0.05, 0.1) is 12.7 Å². The second-order valence-corrected chi connectivity index (χ2v) is 5.22. The Kier molecular flexibility index (Phi) is 7.09. The maximum Gasteiger partial charge on any atom is 0.222 e. The molecule has 1 N–H and O–H groups in total. The standard InChI is InChI=1S/C16H25NO3/c1-13-6-8-15(9-7-13)20-12-4-5-16(19)17(3)11-10-14(2)18/h6-9,14,18H,4-5,10-12H2,1-3H3. The van der Waals surface area contributed by atoms with Crippen molar-refractivity contribution >= 4 is 5.91 Å². The molecule has 0 aliphatic carbocycles. The van der Waals surface area contributed by atoms with E-state index in [0.717, 1.165) is 5.75 Å². The number of aliphatic hydroxyl groups is 1. The van der Waals surface area contributed by atoms with Gasteiger partial charge in [-0.1, -0.05) is 17.7 Å². The molecular weight excluding hydrogens is 254 g/mol. The maximum atomic E-state index is 11.8. The van der Waals surface area contributed by atoms with Crippen LogP contribution in [0.1, 0.15) is 31.7 Å². The molecule has 0 saturated heterocycles. The highest BCUT2D eigenvalue weighted by Crippen LogP contribution is 2.12. The Hall–Kier alpha value is -1.55. The van der Waals surface area contributed by atoms with Gasteiger partial charge in [-0.25, -0.2) is 0 Å². The summed E-state index contributed by atoms with van der Waals surface area (Å²) in [6, 6.07) is 7.88. The molecule has 1 aromatic carbocycles. The van der Waals surface area contributed by atoms with Crippen molar-refractivity contribution in [3.8, 4) is 5.75 Å². The third-order valence-electron chi connectivity index (χ3n) is 3.13. The molecule has 0 aromatic heterocycles. The highest BCUT2D eigenvalue weighted by molar-refractivity contribution is 5.75. The van der Waals surface area contributed by atoms with Gasteiger partial charge in [0.15, 0.2) is 0 Å². The van der Waals surface area contributed by atoms with Crippen LogP contribution in [0, 0.1) is 6.92 Å². The predicted molar refractivity (Wildman–Crippen MR) is 79.8 cm³/mol. The van der Waals surface area contributed by atoms with Gasteiger partial charge in [-0.15, -0.1) is 0 Å². The predicted octanol–water partition coefficient (Wildman–Crippen LogP) is 2.38. The van der Waals surface area contributed by atoms with Crippen LogP contribution in [0.3, 0.4) is 0 Å². The summed E-state index contributed by atoms with van der Waals surface area (Å²) in [7, 11) is 1.77. The van der Waals surface area contributed by atoms with Crippen LogP contribution < -0.4 is 4.74 Å². The Bertz CT molecular complexity index is 401. The van der Waals surface area contributed by atoms with E-state index in [1.807, 2.05) is 31.2 Å². The fourth-order valence-electron chi connectivity index (χ4n) is 1.74. The van der Waals surface area contributed by atoms with E-state index < -0.39 is 0 Å². The van der Waals surface area contributed by atoms with E-state index in [1.54, 1.807) is 18.9 Å². The van der Waals surface area contributed by atoms with Crippen LogP contribution in [-0.2, 0) is 4.79 Å². The van der Waals surface area contributed by atoms with Gasteiger partial charge < -0.3 is 14.7 Å². The van der Waals surface area contributed by atoms with Gasteiger partial charge in [0.1, 0.15) is 5.75 Å². The quantitative estimate of drug-likeness (QED) is 0.743. The minimum Gasteiger partial charge on any atom is -0.494 e. The summed E-state index contributed by atoms with van der Waals surface area (Å²) in [5.74, 6) is 0.934. The van der Waals surface area contributed by atoms with E-state index in [1.165, 1.54) is 5.56 Å². The van der Waals surface area contributed by atoms with E-state index >= 15 is 0 Å². The molecule has 1 atom stereocenters. The van der Waals surface area contributed by atoms with Gasteiger partial charge >= 0.3 is 0 Å². The van der Waals surface area contributed by atoms with E-state index in [4.69, 9.17) is 4.74 Å². The maximum absolute atomic E-state index is 11.8. The zero-order valence-corrected chi connectivity index (χ0v) is 12.6. The number of aryl methyl sites for hydroxylation is 1. The highest BCUT2D eigenvalue weighted by Gasteiger charge is 2.09. The summed E-state index contributed by atoms with van der Waals surface area (Å²) in [5.41, 5.74) is 1.20. The molecule has 0 spiro atoms. The van der Waals surface area contributed by atoms with Crippen molar-refractivity contribution in [1.29, 1.82) is 0 Å². The lowest BCUT2D eigenvalue weighted by molar-refractivity contribution is -0.130. The first-order valence-electron chi connectivity index (χ1n) is 7.10. The largest absolute Gasteiger partial charge is 0.494 e. The van der Waals surface area contributed by atoms with Gasteiger partial charge in [-0.05, 0) is 38.8 Å². The van der Waals surface area contributed by atoms with Gasteiger partial charge in [-0.2, -0.15) is 0 Å². The molecular formula is C16H25NO3. The molecule has 0 fully saturated rings. The van der Waals surface area contributed by atoms with E-state index in [-0.39, 0.29) is 12.0 Å². The summed E-state index contributed by atoms with van der Waals surface area (Å²) < 4.78 is 5.58. The number of benzene rings is 1. The fraction of sp³-hybridized carbons (Fsp3) is 0.562. The number of carbonyl (C=O) groups excluding carboxylic acids is 1. The van der Waals surface area contributed by atoms with E-state index in [9.17, 15) is 9.90 Å². The molecule has 0 heterocycles. The Labute approximate surface area is 121 Å². The molecule has 1 rings (SSSR count). The van der Waals surface area contributed by atoms with E-state index in [2.05, 4.69) is 0 Å². The second kappa shape index (κ2) is 8.59. The monoisotopic (exact) mass is 279 g/mol. The van der Waals surface area contributed by atoms with Crippen molar-refractivity contribution in [1.82, 2.24) is 4.90 Å². The lowest BCUT2D eigenvalue weighted by Crippen LogP contribution is -2.29. The van der Waals surface area contributed by atoms with Crippen molar-refractivity contribution < 1.29 is 14.6 Å². The molecule has 0 bridgehead atoms. The molecule has 4 nitrogen and oxygen atoms in total. The minimum absolute atomic E-state index is 0.0955. The van der Waals surface area contributed by atoms with Gasteiger partial charge in [0.2, 0.25) is 5.91 Å². The Balaban J connectivity index is 2.17. The summed E-state index contributed by atoms with van der Waals surface area (Å²) >= 11 is 0. The third kappa shape index (κ3) is 6.57. The van der Waals surface area contributed by atoms with Gasteiger partial charge in [0.25, 0.3) is 0 Å². The van der Waals surface area contributed by atoms with Crippen LogP contribution in [0.5, 0.6) is 5.75 Å². The second-order valence-electron chi connectivity index (χ2n) is 5.22. The summed E-state index contributed by atoms with van der Waals surface area (Å²) in [6.45, 7) is 4.90. The molecule has 0 aliphatic rings. The normalized spacial score (nSPS) is 12.0. The average molecular weight is 279 g/mol. The molecule has 20 heavy (non-hydrogen) atoms. The van der Waals surface area contributed by atoms with Gasteiger partial charge in [0, 0.05) is 20.0 Å². The van der Waals surface area contributed by atoms with Crippen molar-refractivity contribution in [3.05, 3.63) is 29.8 Å². The van der Waals surface area contributed by atoms with E-state index in [0.29, 0.717) is 32.4 Å². The zero-order chi connectivity index (χ0) is 15.0. The first-order chi connectivity index (χ1) is 9.49. The first-order valence-corrected chi connectivity index (χ1v) is 7.10. The zero-order valence-electron chi connectivity index (χ0n) is 12.6. The first kappa shape index (κ1) is 16.5.